The van der Waals surface area contributed by atoms with Crippen molar-refractivity contribution in [2.24, 2.45) is 5.92 Å². The Labute approximate surface area is 112 Å². The standard InChI is InChI=1S/C12H20N2O5/c1-8(11(17)19-3)6-13(2)12(18)14(7-10(15)16)9-4-5-9/h8-9H,4-7H2,1-3H3,(H,15,16). The Bertz CT molecular complexity index is 367. The second kappa shape index (κ2) is 6.40. The van der Waals surface area contributed by atoms with Gasteiger partial charge in [-0.05, 0) is 12.8 Å². The van der Waals surface area contributed by atoms with Gasteiger partial charge >= 0.3 is 18.0 Å². The number of nitrogens with zero attached hydrogens (tertiary/aromatic N) is 2. The highest BCUT2D eigenvalue weighted by molar-refractivity contribution is 5.81. The van der Waals surface area contributed by atoms with Crippen LogP contribution in [0, 0.1) is 5.92 Å². The third-order valence-corrected chi connectivity index (χ3v) is 3.02. The maximum atomic E-state index is 12.1. The Kier molecular flexibility index (Phi) is 5.14. The number of carbonyl (C=O) groups is 3. The van der Waals surface area contributed by atoms with Gasteiger partial charge in [-0.15, -0.1) is 0 Å². The maximum absolute atomic E-state index is 12.1. The van der Waals surface area contributed by atoms with Crippen LogP contribution in [-0.2, 0) is 14.3 Å². The van der Waals surface area contributed by atoms with Gasteiger partial charge in [0.15, 0.2) is 0 Å². The van der Waals surface area contributed by atoms with Gasteiger partial charge in [0.25, 0.3) is 0 Å². The third kappa shape index (κ3) is 4.42. The second-order valence-corrected chi connectivity index (χ2v) is 4.84. The molecule has 1 unspecified atom stereocenters. The lowest BCUT2D eigenvalue weighted by Crippen LogP contribution is -2.46. The highest BCUT2D eigenvalue weighted by Gasteiger charge is 2.35. The number of carboxylic acids is 1. The summed E-state index contributed by atoms with van der Waals surface area (Å²) in [6.07, 6.45) is 1.67. The number of esters is 1. The first-order valence-corrected chi connectivity index (χ1v) is 6.18. The van der Waals surface area contributed by atoms with E-state index < -0.39 is 17.9 Å². The molecule has 1 fully saturated rings. The van der Waals surface area contributed by atoms with Crippen LogP contribution in [0.2, 0.25) is 0 Å². The van der Waals surface area contributed by atoms with E-state index in [1.54, 1.807) is 14.0 Å². The van der Waals surface area contributed by atoms with Crippen LogP contribution < -0.4 is 0 Å². The molecule has 1 atom stereocenters. The van der Waals surface area contributed by atoms with Crippen LogP contribution >= 0.6 is 0 Å². The van der Waals surface area contributed by atoms with E-state index in [4.69, 9.17) is 5.11 Å². The van der Waals surface area contributed by atoms with Gasteiger partial charge in [-0.25, -0.2) is 4.79 Å². The molecule has 0 bridgehead atoms. The summed E-state index contributed by atoms with van der Waals surface area (Å²) < 4.78 is 4.59. The van der Waals surface area contributed by atoms with Gasteiger partial charge in [0.1, 0.15) is 6.54 Å². The molecule has 108 valence electrons. The quantitative estimate of drug-likeness (QED) is 0.707. The summed E-state index contributed by atoms with van der Waals surface area (Å²) in [4.78, 5) is 36.9. The molecule has 0 radical (unpaired) electrons. The number of carboxylic acid groups (broad SMARTS) is 1. The van der Waals surface area contributed by atoms with Crippen molar-refractivity contribution in [1.29, 1.82) is 0 Å². The van der Waals surface area contributed by atoms with Crippen molar-refractivity contribution in [2.45, 2.75) is 25.8 Å². The number of aliphatic carboxylic acids is 1. The number of methoxy groups -OCH3 is 1. The van der Waals surface area contributed by atoms with Crippen molar-refractivity contribution >= 4 is 18.0 Å². The molecule has 1 saturated carbocycles. The van der Waals surface area contributed by atoms with E-state index in [1.807, 2.05) is 0 Å². The Morgan fingerprint density at radius 2 is 1.95 bits per heavy atom. The predicted molar refractivity (Wildman–Crippen MR) is 66.6 cm³/mol. The first-order chi connectivity index (χ1) is 8.86. The van der Waals surface area contributed by atoms with Crippen molar-refractivity contribution in [1.82, 2.24) is 9.80 Å². The van der Waals surface area contributed by atoms with Gasteiger partial charge < -0.3 is 19.6 Å². The lowest BCUT2D eigenvalue weighted by atomic mass is 10.2. The highest BCUT2D eigenvalue weighted by Crippen LogP contribution is 2.27. The van der Waals surface area contributed by atoms with Crippen molar-refractivity contribution in [3.8, 4) is 0 Å². The molecule has 2 amide bonds. The molecular weight excluding hydrogens is 252 g/mol. The first kappa shape index (κ1) is 15.3. The normalized spacial score (nSPS) is 15.5. The molecule has 0 aromatic carbocycles. The largest absolute Gasteiger partial charge is 0.480 e. The Morgan fingerprint density at radius 1 is 1.37 bits per heavy atom. The van der Waals surface area contributed by atoms with Gasteiger partial charge in [0, 0.05) is 19.6 Å². The minimum atomic E-state index is -1.03. The molecule has 0 saturated heterocycles. The Hall–Kier alpha value is -1.79. The zero-order valence-corrected chi connectivity index (χ0v) is 11.5. The topological polar surface area (TPSA) is 87.2 Å². The van der Waals surface area contributed by atoms with E-state index in [9.17, 15) is 14.4 Å². The first-order valence-electron chi connectivity index (χ1n) is 6.18. The molecule has 0 aromatic rings. The van der Waals surface area contributed by atoms with Crippen molar-refractivity contribution in [3.05, 3.63) is 0 Å². The number of carbonyl (C=O) groups excluding carboxylic acids is 2. The predicted octanol–water partition coefficient (Wildman–Crippen LogP) is 0.396. The van der Waals surface area contributed by atoms with Crippen LogP contribution in [0.4, 0.5) is 4.79 Å². The van der Waals surface area contributed by atoms with Gasteiger partial charge in [-0.2, -0.15) is 0 Å². The van der Waals surface area contributed by atoms with Crippen molar-refractivity contribution < 1.29 is 24.2 Å². The monoisotopic (exact) mass is 272 g/mol. The van der Waals surface area contributed by atoms with E-state index in [1.165, 1.54) is 16.9 Å². The average Bonchev–Trinajstić information content (AvgIpc) is 3.17. The molecule has 0 heterocycles. The number of hydrogen-bond donors (Lipinski definition) is 1. The lowest BCUT2D eigenvalue weighted by molar-refractivity contribution is -0.145. The summed E-state index contributed by atoms with van der Waals surface area (Å²) >= 11 is 0. The lowest BCUT2D eigenvalue weighted by Gasteiger charge is -2.28. The number of ether oxygens (including phenoxy) is 1. The van der Waals surface area contributed by atoms with Gasteiger partial charge in [-0.3, -0.25) is 9.59 Å². The van der Waals surface area contributed by atoms with Gasteiger partial charge in [0.05, 0.1) is 13.0 Å². The summed E-state index contributed by atoms with van der Waals surface area (Å²) in [5.74, 6) is -1.87. The average molecular weight is 272 g/mol. The molecule has 1 N–H and O–H groups in total. The Balaban J connectivity index is 2.58. The molecule has 1 aliphatic rings. The summed E-state index contributed by atoms with van der Waals surface area (Å²) in [5, 5.41) is 8.81. The molecule has 0 aliphatic heterocycles. The van der Waals surface area contributed by atoms with Crippen molar-refractivity contribution in [2.75, 3.05) is 27.2 Å². The maximum Gasteiger partial charge on any atom is 0.323 e. The molecule has 0 spiro atoms. The van der Waals surface area contributed by atoms with Crippen LogP contribution in [-0.4, -0.2) is 66.2 Å². The smallest absolute Gasteiger partial charge is 0.323 e. The number of hydrogen-bond acceptors (Lipinski definition) is 4. The van der Waals surface area contributed by atoms with E-state index in [0.29, 0.717) is 0 Å². The highest BCUT2D eigenvalue weighted by atomic mass is 16.5. The molecule has 19 heavy (non-hydrogen) atoms. The molecule has 1 rings (SSSR count). The second-order valence-electron chi connectivity index (χ2n) is 4.84. The molecule has 7 heteroatoms. The van der Waals surface area contributed by atoms with E-state index in [0.717, 1.165) is 12.8 Å². The summed E-state index contributed by atoms with van der Waals surface area (Å²) in [6, 6.07) is -0.347. The van der Waals surface area contributed by atoms with E-state index in [2.05, 4.69) is 4.74 Å². The number of amides is 2. The molecule has 7 nitrogen and oxygen atoms in total. The van der Waals surface area contributed by atoms with E-state index >= 15 is 0 Å². The van der Waals surface area contributed by atoms with Gasteiger partial charge in [-0.1, -0.05) is 6.92 Å². The SMILES string of the molecule is COC(=O)C(C)CN(C)C(=O)N(CC(=O)O)C1CC1. The zero-order chi connectivity index (χ0) is 14.6. The molecular formula is C12H20N2O5. The van der Waals surface area contributed by atoms with Crippen molar-refractivity contribution in [3.63, 3.8) is 0 Å². The van der Waals surface area contributed by atoms with Crippen LogP contribution in [0.3, 0.4) is 0 Å². The fourth-order valence-corrected chi connectivity index (χ4v) is 1.87. The fourth-order valence-electron chi connectivity index (χ4n) is 1.87. The summed E-state index contributed by atoms with van der Waals surface area (Å²) in [5.41, 5.74) is 0. The number of rotatable bonds is 6. The van der Waals surface area contributed by atoms with Crippen LogP contribution in [0.25, 0.3) is 0 Å². The minimum absolute atomic E-state index is 0.0134. The number of urea groups is 1. The third-order valence-electron chi connectivity index (χ3n) is 3.02. The minimum Gasteiger partial charge on any atom is -0.480 e. The zero-order valence-electron chi connectivity index (χ0n) is 11.5. The molecule has 1 aliphatic carbocycles. The molecule has 0 aromatic heterocycles. The summed E-state index contributed by atoms with van der Waals surface area (Å²) in [7, 11) is 2.85. The van der Waals surface area contributed by atoms with Gasteiger partial charge in [0.2, 0.25) is 0 Å². The van der Waals surface area contributed by atoms with Crippen LogP contribution in [0.1, 0.15) is 19.8 Å². The fraction of sp³-hybridized carbons (Fsp3) is 0.750. The van der Waals surface area contributed by atoms with E-state index in [-0.39, 0.29) is 25.2 Å². The Morgan fingerprint density at radius 3 is 2.37 bits per heavy atom. The summed E-state index contributed by atoms with van der Waals surface area (Å²) in [6.45, 7) is 1.56. The van der Waals surface area contributed by atoms with Crippen LogP contribution in [0.15, 0.2) is 0 Å². The van der Waals surface area contributed by atoms with Crippen LogP contribution in [0.5, 0.6) is 0 Å².